The summed E-state index contributed by atoms with van der Waals surface area (Å²) in [5, 5.41) is 0. The van der Waals surface area contributed by atoms with Crippen LogP contribution in [0.25, 0.3) is 6.08 Å². The number of benzene rings is 2. The van der Waals surface area contributed by atoms with Crippen molar-refractivity contribution in [1.29, 1.82) is 0 Å². The lowest BCUT2D eigenvalue weighted by Crippen LogP contribution is -2.27. The molecule has 1 amide bonds. The van der Waals surface area contributed by atoms with Gasteiger partial charge in [0.2, 0.25) is 0 Å². The number of likely N-dealkylation sites (N-methyl/N-ethyl adjacent to an activating group) is 1. The molecule has 0 aliphatic carbocycles. The van der Waals surface area contributed by atoms with Gasteiger partial charge in [0.05, 0.1) is 4.91 Å². The van der Waals surface area contributed by atoms with E-state index in [0.29, 0.717) is 22.4 Å². The van der Waals surface area contributed by atoms with Crippen LogP contribution >= 0.6 is 24.0 Å². The summed E-state index contributed by atoms with van der Waals surface area (Å²) in [4.78, 5) is 14.6. The van der Waals surface area contributed by atoms with Crippen LogP contribution in [0.3, 0.4) is 0 Å². The maximum absolute atomic E-state index is 12.3. The predicted octanol–water partition coefficient (Wildman–Crippen LogP) is 4.80. The fourth-order valence-electron chi connectivity index (χ4n) is 2.47. The number of carbonyl (C=O) groups is 1. The summed E-state index contributed by atoms with van der Waals surface area (Å²) in [7, 11) is 0. The second-order valence-corrected chi connectivity index (χ2v) is 7.45. The zero-order chi connectivity index (χ0) is 17.8. The lowest BCUT2D eigenvalue weighted by molar-refractivity contribution is -0.121. The van der Waals surface area contributed by atoms with Gasteiger partial charge in [0.25, 0.3) is 5.91 Å². The minimum absolute atomic E-state index is 0.0246. The zero-order valence-electron chi connectivity index (χ0n) is 14.2. The van der Waals surface area contributed by atoms with Crippen LogP contribution in [0, 0.1) is 6.92 Å². The maximum atomic E-state index is 12.3. The summed E-state index contributed by atoms with van der Waals surface area (Å²) in [5.41, 5.74) is 3.29. The normalized spacial score (nSPS) is 15.9. The summed E-state index contributed by atoms with van der Waals surface area (Å²) in [6.45, 7) is 5.10. The predicted molar refractivity (Wildman–Crippen MR) is 108 cm³/mol. The molecule has 0 bridgehead atoms. The average Bonchev–Trinajstić information content (AvgIpc) is 2.88. The highest BCUT2D eigenvalue weighted by Crippen LogP contribution is 2.32. The van der Waals surface area contributed by atoms with E-state index < -0.39 is 0 Å². The third kappa shape index (κ3) is 4.30. The Bertz CT molecular complexity index is 828. The molecule has 1 fully saturated rings. The van der Waals surface area contributed by atoms with Gasteiger partial charge in [-0.2, -0.15) is 0 Å². The first-order valence-corrected chi connectivity index (χ1v) is 9.33. The van der Waals surface area contributed by atoms with E-state index in [4.69, 9.17) is 17.0 Å². The number of thioether (sulfide) groups is 1. The molecule has 0 atom stereocenters. The van der Waals surface area contributed by atoms with Gasteiger partial charge in [-0.1, -0.05) is 65.9 Å². The van der Waals surface area contributed by atoms with Gasteiger partial charge < -0.3 is 4.74 Å². The van der Waals surface area contributed by atoms with Crippen LogP contribution in [0.5, 0.6) is 5.75 Å². The number of aryl methyl sites for hydroxylation is 1. The number of nitrogens with zero attached hydrogens (tertiary/aromatic N) is 1. The average molecular weight is 370 g/mol. The molecule has 0 saturated carbocycles. The molecule has 3 rings (SSSR count). The van der Waals surface area contributed by atoms with Gasteiger partial charge in [0.1, 0.15) is 16.7 Å². The number of rotatable bonds is 5. The molecule has 0 spiro atoms. The van der Waals surface area contributed by atoms with Crippen LogP contribution in [0.15, 0.2) is 53.4 Å². The van der Waals surface area contributed by atoms with E-state index in [0.717, 1.165) is 16.9 Å². The maximum Gasteiger partial charge on any atom is 0.266 e. The first-order valence-electron chi connectivity index (χ1n) is 8.10. The van der Waals surface area contributed by atoms with Crippen molar-refractivity contribution in [3.8, 4) is 5.75 Å². The highest BCUT2D eigenvalue weighted by molar-refractivity contribution is 8.26. The fourth-order valence-corrected chi connectivity index (χ4v) is 3.85. The van der Waals surface area contributed by atoms with Gasteiger partial charge in [-0.15, -0.1) is 0 Å². The smallest absolute Gasteiger partial charge is 0.266 e. The van der Waals surface area contributed by atoms with Crippen molar-refractivity contribution in [2.24, 2.45) is 0 Å². The second kappa shape index (κ2) is 7.85. The van der Waals surface area contributed by atoms with Gasteiger partial charge >= 0.3 is 0 Å². The second-order valence-electron chi connectivity index (χ2n) is 5.77. The Hall–Kier alpha value is -2.11. The third-order valence-electron chi connectivity index (χ3n) is 3.87. The van der Waals surface area contributed by atoms with Crippen molar-refractivity contribution in [2.45, 2.75) is 20.5 Å². The fraction of sp³-hybridized carbons (Fsp3) is 0.200. The van der Waals surface area contributed by atoms with E-state index in [1.165, 1.54) is 17.3 Å². The Labute approximate surface area is 157 Å². The van der Waals surface area contributed by atoms with Crippen LogP contribution in [0.4, 0.5) is 0 Å². The van der Waals surface area contributed by atoms with Crippen LogP contribution in [-0.4, -0.2) is 21.7 Å². The molecule has 1 heterocycles. The van der Waals surface area contributed by atoms with E-state index in [2.05, 4.69) is 31.2 Å². The van der Waals surface area contributed by atoms with E-state index >= 15 is 0 Å². The van der Waals surface area contributed by atoms with E-state index in [9.17, 15) is 4.79 Å². The van der Waals surface area contributed by atoms with Crippen molar-refractivity contribution in [3.63, 3.8) is 0 Å². The molecule has 1 aliphatic heterocycles. The van der Waals surface area contributed by atoms with E-state index in [1.807, 2.05) is 37.3 Å². The number of ether oxygens (including phenoxy) is 1. The van der Waals surface area contributed by atoms with Gasteiger partial charge in [-0.3, -0.25) is 9.69 Å². The van der Waals surface area contributed by atoms with Gasteiger partial charge in [-0.25, -0.2) is 0 Å². The van der Waals surface area contributed by atoms with Gasteiger partial charge in [0, 0.05) is 6.54 Å². The van der Waals surface area contributed by atoms with E-state index in [-0.39, 0.29) is 5.91 Å². The minimum Gasteiger partial charge on any atom is -0.489 e. The van der Waals surface area contributed by atoms with Crippen LogP contribution < -0.4 is 4.74 Å². The molecule has 1 aliphatic rings. The number of thiocarbonyl (C=S) groups is 1. The highest BCUT2D eigenvalue weighted by Gasteiger charge is 2.30. The Kier molecular flexibility index (Phi) is 5.56. The van der Waals surface area contributed by atoms with Crippen molar-refractivity contribution in [1.82, 2.24) is 4.90 Å². The zero-order valence-corrected chi connectivity index (χ0v) is 15.8. The van der Waals surface area contributed by atoms with Crippen LogP contribution in [-0.2, 0) is 11.4 Å². The number of hydrogen-bond donors (Lipinski definition) is 0. The molecule has 3 nitrogen and oxygen atoms in total. The molecule has 2 aromatic rings. The molecule has 2 aromatic carbocycles. The SMILES string of the molecule is CCN1C(=O)/C(=C/c2cccc(OCc3ccc(C)cc3)c2)SC1=S. The third-order valence-corrected chi connectivity index (χ3v) is 5.25. The van der Waals surface area contributed by atoms with Crippen LogP contribution in [0.2, 0.25) is 0 Å². The lowest BCUT2D eigenvalue weighted by Gasteiger charge is -2.09. The molecule has 0 aromatic heterocycles. The standard InChI is InChI=1S/C20H19NO2S2/c1-3-21-19(22)18(25-20(21)24)12-16-5-4-6-17(11-16)23-13-15-9-7-14(2)8-10-15/h4-12H,3,13H2,1-2H3/b18-12-. The van der Waals surface area contributed by atoms with Gasteiger partial charge in [-0.05, 0) is 43.2 Å². The summed E-state index contributed by atoms with van der Waals surface area (Å²) in [5.74, 6) is 0.753. The Morgan fingerprint density at radius 1 is 1.20 bits per heavy atom. The Morgan fingerprint density at radius 2 is 1.96 bits per heavy atom. The first-order chi connectivity index (χ1) is 12.1. The topological polar surface area (TPSA) is 29.5 Å². The number of carbonyl (C=O) groups excluding carboxylic acids is 1. The van der Waals surface area contributed by atoms with Crippen molar-refractivity contribution < 1.29 is 9.53 Å². The lowest BCUT2D eigenvalue weighted by atomic mass is 10.1. The van der Waals surface area contributed by atoms with Crippen molar-refractivity contribution in [3.05, 3.63) is 70.1 Å². The first kappa shape index (κ1) is 17.7. The molecule has 0 N–H and O–H groups in total. The monoisotopic (exact) mass is 369 g/mol. The van der Waals surface area contributed by atoms with Crippen LogP contribution in [0.1, 0.15) is 23.6 Å². The summed E-state index contributed by atoms with van der Waals surface area (Å²) in [6.07, 6.45) is 1.87. The molecule has 25 heavy (non-hydrogen) atoms. The number of amides is 1. The summed E-state index contributed by atoms with van der Waals surface area (Å²) >= 11 is 6.59. The molecule has 5 heteroatoms. The van der Waals surface area contributed by atoms with Gasteiger partial charge in [0.15, 0.2) is 0 Å². The molecular formula is C20H19NO2S2. The molecule has 0 radical (unpaired) electrons. The molecular weight excluding hydrogens is 350 g/mol. The minimum atomic E-state index is -0.0246. The highest BCUT2D eigenvalue weighted by atomic mass is 32.2. The molecule has 128 valence electrons. The summed E-state index contributed by atoms with van der Waals surface area (Å²) in [6, 6.07) is 16.0. The molecule has 1 saturated heterocycles. The Morgan fingerprint density at radius 3 is 2.64 bits per heavy atom. The van der Waals surface area contributed by atoms with Crippen molar-refractivity contribution in [2.75, 3.05) is 6.54 Å². The quantitative estimate of drug-likeness (QED) is 0.559. The van der Waals surface area contributed by atoms with E-state index in [1.54, 1.807) is 4.90 Å². The largest absolute Gasteiger partial charge is 0.489 e. The molecule has 0 unspecified atom stereocenters. The summed E-state index contributed by atoms with van der Waals surface area (Å²) < 4.78 is 6.49. The number of hydrogen-bond acceptors (Lipinski definition) is 4. The van der Waals surface area contributed by atoms with Crippen molar-refractivity contribution >= 4 is 40.3 Å². The Balaban J connectivity index is 1.71.